The molecule has 3 N–H and O–H groups in total. The number of benzene rings is 1. The van der Waals surface area contributed by atoms with Gasteiger partial charge in [-0.05, 0) is 30.5 Å². The fraction of sp³-hybridized carbons (Fsp3) is 0.500. The van der Waals surface area contributed by atoms with Crippen molar-refractivity contribution >= 4 is 11.8 Å². The molecule has 0 bridgehead atoms. The van der Waals surface area contributed by atoms with Crippen molar-refractivity contribution in [3.8, 4) is 0 Å². The number of amides is 2. The van der Waals surface area contributed by atoms with Crippen LogP contribution in [-0.4, -0.2) is 29.5 Å². The Morgan fingerprint density at radius 3 is 2.25 bits per heavy atom. The summed E-state index contributed by atoms with van der Waals surface area (Å²) in [6.45, 7) is -0.262. The minimum absolute atomic E-state index is 0.00286. The van der Waals surface area contributed by atoms with Crippen LogP contribution < -0.4 is 10.6 Å². The molecule has 1 aromatic rings. The van der Waals surface area contributed by atoms with Gasteiger partial charge < -0.3 is 15.7 Å². The van der Waals surface area contributed by atoms with Crippen LogP contribution in [0.25, 0.3) is 0 Å². The van der Waals surface area contributed by atoms with Crippen LogP contribution >= 0.6 is 0 Å². The number of aliphatic hydroxyl groups is 1. The SMILES string of the molecule is O=C(NC[C@@H](O)c1ccc(C(F)(F)F)cc1)C(=O)NC1CCCC1. The van der Waals surface area contributed by atoms with Crippen molar-refractivity contribution < 1.29 is 27.9 Å². The van der Waals surface area contributed by atoms with E-state index in [1.807, 2.05) is 0 Å². The normalized spacial score (nSPS) is 16.7. The number of rotatable bonds is 4. The maximum atomic E-state index is 12.5. The molecule has 0 heterocycles. The molecule has 1 saturated carbocycles. The van der Waals surface area contributed by atoms with Gasteiger partial charge in [0.1, 0.15) is 0 Å². The summed E-state index contributed by atoms with van der Waals surface area (Å²) in [5, 5.41) is 14.8. The first-order chi connectivity index (χ1) is 11.3. The van der Waals surface area contributed by atoms with E-state index in [4.69, 9.17) is 0 Å². The average molecular weight is 344 g/mol. The zero-order valence-electron chi connectivity index (χ0n) is 12.9. The quantitative estimate of drug-likeness (QED) is 0.730. The highest BCUT2D eigenvalue weighted by atomic mass is 19.4. The van der Waals surface area contributed by atoms with Crippen LogP contribution in [0.4, 0.5) is 13.2 Å². The van der Waals surface area contributed by atoms with E-state index in [1.54, 1.807) is 0 Å². The lowest BCUT2D eigenvalue weighted by atomic mass is 10.1. The van der Waals surface area contributed by atoms with Gasteiger partial charge in [-0.3, -0.25) is 9.59 Å². The van der Waals surface area contributed by atoms with Crippen molar-refractivity contribution in [2.45, 2.75) is 44.0 Å². The summed E-state index contributed by atoms with van der Waals surface area (Å²) in [4.78, 5) is 23.3. The van der Waals surface area contributed by atoms with Gasteiger partial charge in [-0.2, -0.15) is 13.2 Å². The van der Waals surface area contributed by atoms with Gasteiger partial charge in [-0.15, -0.1) is 0 Å². The Bertz CT molecular complexity index is 581. The molecule has 1 aliphatic rings. The molecule has 1 fully saturated rings. The van der Waals surface area contributed by atoms with Crippen molar-refractivity contribution in [3.05, 3.63) is 35.4 Å². The van der Waals surface area contributed by atoms with Crippen molar-refractivity contribution in [1.82, 2.24) is 10.6 Å². The molecule has 132 valence electrons. The van der Waals surface area contributed by atoms with Gasteiger partial charge in [0, 0.05) is 12.6 Å². The van der Waals surface area contributed by atoms with Gasteiger partial charge in [0.25, 0.3) is 0 Å². The first-order valence-electron chi connectivity index (χ1n) is 7.71. The van der Waals surface area contributed by atoms with Crippen molar-refractivity contribution in [2.24, 2.45) is 0 Å². The molecule has 2 amide bonds. The molecule has 0 spiro atoms. The predicted octanol–water partition coefficient (Wildman–Crippen LogP) is 1.91. The third-order valence-corrected chi connectivity index (χ3v) is 3.98. The predicted molar refractivity (Wildman–Crippen MR) is 79.8 cm³/mol. The Morgan fingerprint density at radius 2 is 1.71 bits per heavy atom. The summed E-state index contributed by atoms with van der Waals surface area (Å²) < 4.78 is 37.4. The Labute approximate surface area is 137 Å². The molecular formula is C16H19F3N2O3. The number of carbonyl (C=O) groups is 2. The molecule has 0 aliphatic heterocycles. The number of halogens is 3. The minimum atomic E-state index is -4.45. The van der Waals surface area contributed by atoms with E-state index in [0.29, 0.717) is 0 Å². The summed E-state index contributed by atoms with van der Waals surface area (Å²) in [5.74, 6) is -1.63. The molecule has 1 atom stereocenters. The number of aliphatic hydroxyl groups excluding tert-OH is 1. The number of nitrogens with one attached hydrogen (secondary N) is 2. The second-order valence-corrected chi connectivity index (χ2v) is 5.80. The fourth-order valence-electron chi connectivity index (χ4n) is 2.60. The zero-order valence-corrected chi connectivity index (χ0v) is 12.9. The van der Waals surface area contributed by atoms with Crippen LogP contribution in [0.3, 0.4) is 0 Å². The lowest BCUT2D eigenvalue weighted by molar-refractivity contribution is -0.139. The van der Waals surface area contributed by atoms with Crippen LogP contribution in [0.5, 0.6) is 0 Å². The zero-order chi connectivity index (χ0) is 17.7. The van der Waals surface area contributed by atoms with Gasteiger partial charge >= 0.3 is 18.0 Å². The Kier molecular flexibility index (Phi) is 5.82. The summed E-state index contributed by atoms with van der Waals surface area (Å²) in [6.07, 6.45) is -1.94. The highest BCUT2D eigenvalue weighted by molar-refractivity contribution is 6.35. The van der Waals surface area contributed by atoms with Gasteiger partial charge in [0.15, 0.2) is 0 Å². The summed E-state index contributed by atoms with van der Waals surface area (Å²) in [7, 11) is 0. The molecule has 5 nitrogen and oxygen atoms in total. The van der Waals surface area contributed by atoms with Crippen molar-refractivity contribution in [1.29, 1.82) is 0 Å². The topological polar surface area (TPSA) is 78.4 Å². The Hall–Kier alpha value is -2.09. The second-order valence-electron chi connectivity index (χ2n) is 5.80. The van der Waals surface area contributed by atoms with E-state index in [9.17, 15) is 27.9 Å². The van der Waals surface area contributed by atoms with Crippen molar-refractivity contribution in [3.63, 3.8) is 0 Å². The monoisotopic (exact) mass is 344 g/mol. The maximum absolute atomic E-state index is 12.5. The highest BCUT2D eigenvalue weighted by Gasteiger charge is 2.30. The number of hydrogen-bond acceptors (Lipinski definition) is 3. The molecule has 8 heteroatoms. The molecule has 1 aromatic carbocycles. The molecule has 2 rings (SSSR count). The molecule has 24 heavy (non-hydrogen) atoms. The first-order valence-corrected chi connectivity index (χ1v) is 7.71. The van der Waals surface area contributed by atoms with E-state index >= 15 is 0 Å². The standard InChI is InChI=1S/C16H19F3N2O3/c17-16(18,19)11-7-5-10(6-8-11)13(22)9-20-14(23)15(24)21-12-3-1-2-4-12/h5-8,12-13,22H,1-4,9H2,(H,20,23)(H,21,24)/t13-/m1/s1. The molecule has 1 aliphatic carbocycles. The van der Waals surface area contributed by atoms with Gasteiger partial charge in [-0.25, -0.2) is 0 Å². The number of hydrogen-bond donors (Lipinski definition) is 3. The summed E-state index contributed by atoms with van der Waals surface area (Å²) in [5.41, 5.74) is -0.599. The van der Waals surface area contributed by atoms with Crippen LogP contribution in [0.1, 0.15) is 42.9 Å². The maximum Gasteiger partial charge on any atom is 0.416 e. The van der Waals surface area contributed by atoms with Crippen LogP contribution in [-0.2, 0) is 15.8 Å². The Morgan fingerprint density at radius 1 is 1.12 bits per heavy atom. The van der Waals surface area contributed by atoms with Crippen molar-refractivity contribution in [2.75, 3.05) is 6.54 Å². The number of carbonyl (C=O) groups excluding carboxylic acids is 2. The largest absolute Gasteiger partial charge is 0.416 e. The van der Waals surface area contributed by atoms with Gasteiger partial charge in [0.2, 0.25) is 0 Å². The van der Waals surface area contributed by atoms with E-state index in [2.05, 4.69) is 10.6 Å². The first kappa shape index (κ1) is 18.3. The fourth-order valence-corrected chi connectivity index (χ4v) is 2.60. The van der Waals surface area contributed by atoms with E-state index in [1.165, 1.54) is 0 Å². The second kappa shape index (κ2) is 7.65. The third kappa shape index (κ3) is 4.95. The van der Waals surface area contributed by atoms with E-state index in [-0.39, 0.29) is 18.2 Å². The van der Waals surface area contributed by atoms with Crippen LogP contribution in [0.15, 0.2) is 24.3 Å². The summed E-state index contributed by atoms with van der Waals surface area (Å²) in [6, 6.07) is 3.99. The third-order valence-electron chi connectivity index (χ3n) is 3.98. The molecular weight excluding hydrogens is 325 g/mol. The van der Waals surface area contributed by atoms with E-state index in [0.717, 1.165) is 49.9 Å². The molecule has 0 unspecified atom stereocenters. The van der Waals surface area contributed by atoms with Crippen LogP contribution in [0.2, 0.25) is 0 Å². The molecule has 0 radical (unpaired) electrons. The highest BCUT2D eigenvalue weighted by Crippen LogP contribution is 2.29. The van der Waals surface area contributed by atoms with Gasteiger partial charge in [0.05, 0.1) is 11.7 Å². The number of alkyl halides is 3. The van der Waals surface area contributed by atoms with Crippen LogP contribution in [0, 0.1) is 0 Å². The summed E-state index contributed by atoms with van der Waals surface area (Å²) >= 11 is 0. The Balaban J connectivity index is 1.82. The molecule has 0 saturated heterocycles. The molecule has 0 aromatic heterocycles. The lowest BCUT2D eigenvalue weighted by Gasteiger charge is -2.15. The van der Waals surface area contributed by atoms with Gasteiger partial charge in [-0.1, -0.05) is 25.0 Å². The average Bonchev–Trinajstić information content (AvgIpc) is 3.04. The minimum Gasteiger partial charge on any atom is -0.387 e. The van der Waals surface area contributed by atoms with E-state index < -0.39 is 29.7 Å². The lowest BCUT2D eigenvalue weighted by Crippen LogP contribution is -2.44. The smallest absolute Gasteiger partial charge is 0.387 e.